The number of carbonyl (C=O) groups excluding carboxylic acids is 1. The fourth-order valence-corrected chi connectivity index (χ4v) is 5.37. The fraction of sp³-hybridized carbons (Fsp3) is 0.214. The van der Waals surface area contributed by atoms with Crippen molar-refractivity contribution in [2.45, 2.75) is 19.2 Å². The molecule has 0 aliphatic heterocycles. The highest BCUT2D eigenvalue weighted by Crippen LogP contribution is 2.38. The van der Waals surface area contributed by atoms with Crippen LogP contribution in [0.25, 0.3) is 20.3 Å². The number of benzene rings is 2. The molecule has 0 aliphatic carbocycles. The molecule has 0 unspecified atom stereocenters. The van der Waals surface area contributed by atoms with Crippen LogP contribution in [0.1, 0.15) is 11.3 Å². The van der Waals surface area contributed by atoms with Crippen molar-refractivity contribution in [2.75, 3.05) is 25.0 Å². The van der Waals surface area contributed by atoms with E-state index in [2.05, 4.69) is 36.4 Å². The zero-order valence-corrected chi connectivity index (χ0v) is 22.9. The lowest BCUT2D eigenvalue weighted by molar-refractivity contribution is -0.199. The Kier molecular flexibility index (Phi) is 8.81. The first kappa shape index (κ1) is 28.5. The number of rotatable bonds is 11. The first-order valence-electron chi connectivity index (χ1n) is 12.5. The summed E-state index contributed by atoms with van der Waals surface area (Å²) in [5.74, 6) is -1.000. The number of alkyl halides is 3. The van der Waals surface area contributed by atoms with Crippen molar-refractivity contribution in [1.29, 1.82) is 0 Å². The number of anilines is 2. The predicted octanol–water partition coefficient (Wildman–Crippen LogP) is 6.45. The molecule has 0 aliphatic rings. The van der Waals surface area contributed by atoms with Gasteiger partial charge in [0.15, 0.2) is 0 Å². The van der Waals surface area contributed by atoms with E-state index in [9.17, 15) is 18.0 Å². The Morgan fingerprint density at radius 1 is 1.02 bits per heavy atom. The summed E-state index contributed by atoms with van der Waals surface area (Å²) in [6.07, 6.45) is -1.13. The number of hydrogen-bond donors (Lipinski definition) is 2. The van der Waals surface area contributed by atoms with E-state index in [1.165, 1.54) is 17.7 Å². The van der Waals surface area contributed by atoms with Crippen LogP contribution in [0.4, 0.5) is 24.7 Å². The van der Waals surface area contributed by atoms with Gasteiger partial charge in [0.25, 0.3) is 0 Å². The van der Waals surface area contributed by atoms with Crippen LogP contribution in [-0.4, -0.2) is 46.8 Å². The molecule has 2 N–H and O–H groups in total. The molecule has 0 radical (unpaired) electrons. The topological polar surface area (TPSA) is 98.3 Å². The molecule has 0 bridgehead atoms. The molecule has 5 rings (SSSR count). The van der Waals surface area contributed by atoms with Gasteiger partial charge in [-0.1, -0.05) is 29.8 Å². The van der Waals surface area contributed by atoms with Gasteiger partial charge in [0.2, 0.25) is 0 Å². The molecule has 0 atom stereocenters. The van der Waals surface area contributed by atoms with Gasteiger partial charge >= 0.3 is 12.1 Å². The highest BCUT2D eigenvalue weighted by Gasteiger charge is 2.40. The second-order valence-corrected chi connectivity index (χ2v) is 10.3. The summed E-state index contributed by atoms with van der Waals surface area (Å²) < 4.78 is 47.5. The number of thiophene rings is 1. The molecule has 13 heteroatoms. The van der Waals surface area contributed by atoms with E-state index in [4.69, 9.17) is 16.3 Å². The number of halogens is 4. The predicted molar refractivity (Wildman–Crippen MR) is 152 cm³/mol. The smallest absolute Gasteiger partial charge is 0.486 e. The number of nitrogens with one attached hydrogen (secondary N) is 2. The van der Waals surface area contributed by atoms with Crippen LogP contribution in [0, 0.1) is 0 Å². The van der Waals surface area contributed by atoms with Crippen molar-refractivity contribution in [1.82, 2.24) is 20.3 Å². The molecule has 0 fully saturated rings. The molecule has 0 spiro atoms. The second kappa shape index (κ2) is 12.7. The third-order valence-corrected chi connectivity index (χ3v) is 7.32. The van der Waals surface area contributed by atoms with Crippen molar-refractivity contribution >= 4 is 60.7 Å². The van der Waals surface area contributed by atoms with Crippen LogP contribution in [0.3, 0.4) is 0 Å². The van der Waals surface area contributed by atoms with Gasteiger partial charge in [0, 0.05) is 28.5 Å². The van der Waals surface area contributed by atoms with Gasteiger partial charge in [0.1, 0.15) is 35.9 Å². The standard InChI is InChI=1S/C28H23ClF3N5O3S/c29-21-14-18(5-7-22(21)40-15-19-3-1-2-9-34-19)37-25-24-20-6-4-17(13-23(20)41-26(24)36-16-35-25)8-10-33-11-12-39-27(38)28(30,31)32/h1-7,9,13-14,16,33H,8,10-12,15H2,(H,35,36,37). The third-order valence-electron chi connectivity index (χ3n) is 5.96. The maximum absolute atomic E-state index is 12.2. The number of hydrogen-bond acceptors (Lipinski definition) is 9. The Bertz CT molecular complexity index is 1670. The van der Waals surface area contributed by atoms with Crippen molar-refractivity contribution in [2.24, 2.45) is 0 Å². The maximum atomic E-state index is 12.2. The fourth-order valence-electron chi connectivity index (χ4n) is 4.02. The molecule has 2 aromatic carbocycles. The van der Waals surface area contributed by atoms with Crippen LogP contribution in [-0.2, 0) is 22.6 Å². The summed E-state index contributed by atoms with van der Waals surface area (Å²) in [7, 11) is 0. The Balaban J connectivity index is 1.22. The van der Waals surface area contributed by atoms with E-state index in [1.807, 2.05) is 36.4 Å². The molecule has 0 saturated heterocycles. The molecule has 212 valence electrons. The largest absolute Gasteiger partial charge is 0.490 e. The van der Waals surface area contributed by atoms with Gasteiger partial charge in [-0.2, -0.15) is 13.2 Å². The van der Waals surface area contributed by atoms with Gasteiger partial charge in [-0.3, -0.25) is 4.98 Å². The van der Waals surface area contributed by atoms with Gasteiger partial charge in [0.05, 0.1) is 16.1 Å². The molecule has 3 aromatic heterocycles. The summed E-state index contributed by atoms with van der Waals surface area (Å²) in [5.41, 5.74) is 2.58. The molecule has 0 saturated carbocycles. The van der Waals surface area contributed by atoms with E-state index in [0.29, 0.717) is 36.2 Å². The zero-order valence-electron chi connectivity index (χ0n) is 21.4. The normalized spacial score (nSPS) is 11.6. The first-order chi connectivity index (χ1) is 19.8. The molecular weight excluding hydrogens is 579 g/mol. The number of fused-ring (bicyclic) bond motifs is 3. The highest BCUT2D eigenvalue weighted by molar-refractivity contribution is 7.25. The Morgan fingerprint density at radius 3 is 2.68 bits per heavy atom. The van der Waals surface area contributed by atoms with E-state index >= 15 is 0 Å². The number of nitrogens with zero attached hydrogens (tertiary/aromatic N) is 3. The van der Waals surface area contributed by atoms with Gasteiger partial charge in [-0.05, 0) is 54.9 Å². The van der Waals surface area contributed by atoms with E-state index in [0.717, 1.165) is 37.2 Å². The highest BCUT2D eigenvalue weighted by atomic mass is 35.5. The number of aromatic nitrogens is 3. The average Bonchev–Trinajstić information content (AvgIpc) is 3.33. The van der Waals surface area contributed by atoms with Crippen LogP contribution in [0.2, 0.25) is 5.02 Å². The maximum Gasteiger partial charge on any atom is 0.490 e. The SMILES string of the molecule is O=C(OCCNCCc1ccc2c(c1)sc1ncnc(Nc3ccc(OCc4ccccn4)c(Cl)c3)c12)C(F)(F)F. The molecule has 5 aromatic rings. The minimum absolute atomic E-state index is 0.124. The van der Waals surface area contributed by atoms with Crippen molar-refractivity contribution in [3.63, 3.8) is 0 Å². The quantitative estimate of drug-likeness (QED) is 0.132. The first-order valence-corrected chi connectivity index (χ1v) is 13.7. The van der Waals surface area contributed by atoms with E-state index < -0.39 is 12.1 Å². The minimum Gasteiger partial charge on any atom is -0.486 e. The van der Waals surface area contributed by atoms with Crippen molar-refractivity contribution < 1.29 is 27.4 Å². The molecule has 8 nitrogen and oxygen atoms in total. The number of ether oxygens (including phenoxy) is 2. The molecular formula is C28H23ClF3N5O3S. The summed E-state index contributed by atoms with van der Waals surface area (Å²) in [4.78, 5) is 24.7. The van der Waals surface area contributed by atoms with Crippen molar-refractivity contribution in [3.8, 4) is 5.75 Å². The Labute approximate surface area is 241 Å². The molecule has 41 heavy (non-hydrogen) atoms. The number of esters is 1. The summed E-state index contributed by atoms with van der Waals surface area (Å²) in [6, 6.07) is 17.1. The van der Waals surface area contributed by atoms with E-state index in [-0.39, 0.29) is 13.2 Å². The van der Waals surface area contributed by atoms with Crippen LogP contribution >= 0.6 is 22.9 Å². The van der Waals surface area contributed by atoms with Crippen LogP contribution < -0.4 is 15.4 Å². The second-order valence-electron chi connectivity index (χ2n) is 8.85. The van der Waals surface area contributed by atoms with Gasteiger partial charge in [-0.15, -0.1) is 11.3 Å². The van der Waals surface area contributed by atoms with Gasteiger partial charge in [-0.25, -0.2) is 14.8 Å². The van der Waals surface area contributed by atoms with Crippen LogP contribution in [0.15, 0.2) is 67.1 Å². The zero-order chi connectivity index (χ0) is 28.8. The van der Waals surface area contributed by atoms with Gasteiger partial charge < -0.3 is 20.1 Å². The Morgan fingerprint density at radius 2 is 1.90 bits per heavy atom. The number of carbonyl (C=O) groups is 1. The van der Waals surface area contributed by atoms with E-state index in [1.54, 1.807) is 18.3 Å². The summed E-state index contributed by atoms with van der Waals surface area (Å²) in [5, 5.41) is 8.64. The minimum atomic E-state index is -4.98. The van der Waals surface area contributed by atoms with Crippen molar-refractivity contribution in [3.05, 3.63) is 83.4 Å². The summed E-state index contributed by atoms with van der Waals surface area (Å²) in [6.45, 7) is 0.582. The Hall–Kier alpha value is -4.00. The lowest BCUT2D eigenvalue weighted by atomic mass is 10.1. The summed E-state index contributed by atoms with van der Waals surface area (Å²) >= 11 is 8.02. The van der Waals surface area contributed by atoms with Crippen LogP contribution in [0.5, 0.6) is 5.75 Å². The third kappa shape index (κ3) is 7.20. The average molecular weight is 602 g/mol. The molecule has 0 amide bonds. The lowest BCUT2D eigenvalue weighted by Gasteiger charge is -2.11. The number of pyridine rings is 1. The monoisotopic (exact) mass is 601 g/mol. The lowest BCUT2D eigenvalue weighted by Crippen LogP contribution is -2.29. The molecule has 3 heterocycles.